The lowest BCUT2D eigenvalue weighted by Gasteiger charge is -2.41. The highest BCUT2D eigenvalue weighted by Gasteiger charge is 2.42. The van der Waals surface area contributed by atoms with E-state index in [1.54, 1.807) is 13.8 Å². The minimum atomic E-state index is -0.704. The Balaban J connectivity index is 1.36. The lowest BCUT2D eigenvalue weighted by molar-refractivity contribution is -0.130. The van der Waals surface area contributed by atoms with E-state index in [9.17, 15) is 18.4 Å². The average molecular weight is 593 g/mol. The Hall–Kier alpha value is -4.02. The molecule has 11 heteroatoms. The van der Waals surface area contributed by atoms with Gasteiger partial charge in [0.05, 0.1) is 37.2 Å². The summed E-state index contributed by atoms with van der Waals surface area (Å²) in [5.41, 5.74) is 5.27. The number of carbonyl (C=O) groups excluding carboxylic acids is 2. The third-order valence-corrected chi connectivity index (χ3v) is 9.57. The molecule has 43 heavy (non-hydrogen) atoms. The van der Waals surface area contributed by atoms with Crippen molar-refractivity contribution in [2.24, 2.45) is 10.4 Å². The van der Waals surface area contributed by atoms with Gasteiger partial charge in [-0.15, -0.1) is 0 Å². The highest BCUT2D eigenvalue weighted by atomic mass is 19.1. The van der Waals surface area contributed by atoms with Gasteiger partial charge in [-0.2, -0.15) is 5.10 Å². The van der Waals surface area contributed by atoms with Crippen LogP contribution in [0.15, 0.2) is 47.2 Å². The summed E-state index contributed by atoms with van der Waals surface area (Å²) in [7, 11) is 0. The van der Waals surface area contributed by atoms with Crippen molar-refractivity contribution in [2.75, 3.05) is 32.7 Å². The van der Waals surface area contributed by atoms with Crippen LogP contribution in [0.3, 0.4) is 0 Å². The van der Waals surface area contributed by atoms with Crippen LogP contribution < -0.4 is 4.74 Å². The molecule has 0 aliphatic carbocycles. The zero-order valence-electron chi connectivity index (χ0n) is 25.0. The van der Waals surface area contributed by atoms with Gasteiger partial charge in [0, 0.05) is 87.7 Å². The molecule has 2 saturated heterocycles. The number of benzene rings is 1. The predicted octanol–water partition coefficient (Wildman–Crippen LogP) is 4.39. The highest BCUT2D eigenvalue weighted by molar-refractivity contribution is 6.01. The SMILES string of the molecule is C=C1CC(N2CCC(Oc3ccc(F)cc3F)CC2)=C(c2cnn3c2CN(C(C)=O)CC3)N=C2CN(C(C)=O)CCC12C. The zero-order valence-corrected chi connectivity index (χ0v) is 25.0. The van der Waals surface area contributed by atoms with Crippen LogP contribution in [0, 0.1) is 17.0 Å². The van der Waals surface area contributed by atoms with Crippen LogP contribution in [0.1, 0.15) is 57.7 Å². The summed E-state index contributed by atoms with van der Waals surface area (Å²) >= 11 is 0. The Bertz CT molecular complexity index is 1540. The first kappa shape index (κ1) is 29.1. The number of hydrogen-bond donors (Lipinski definition) is 0. The number of allylic oxidation sites excluding steroid dienone is 1. The number of halogens is 2. The Labute approximate surface area is 250 Å². The minimum Gasteiger partial charge on any atom is -0.487 e. The topological polar surface area (TPSA) is 83.3 Å². The molecular weight excluding hydrogens is 554 g/mol. The maximum Gasteiger partial charge on any atom is 0.219 e. The summed E-state index contributed by atoms with van der Waals surface area (Å²) in [5, 5.41) is 4.68. The zero-order chi connectivity index (χ0) is 30.5. The van der Waals surface area contributed by atoms with Crippen molar-refractivity contribution in [1.82, 2.24) is 24.5 Å². The molecule has 2 fully saturated rings. The normalized spacial score (nSPS) is 23.0. The van der Waals surface area contributed by atoms with Crippen LogP contribution in [0.5, 0.6) is 5.75 Å². The number of aromatic nitrogens is 2. The van der Waals surface area contributed by atoms with Crippen LogP contribution in [0.25, 0.3) is 5.70 Å². The van der Waals surface area contributed by atoms with Crippen molar-refractivity contribution in [3.63, 3.8) is 0 Å². The van der Waals surface area contributed by atoms with E-state index in [2.05, 4.69) is 23.5 Å². The van der Waals surface area contributed by atoms with Crippen molar-refractivity contribution in [3.8, 4) is 5.75 Å². The van der Waals surface area contributed by atoms with Crippen molar-refractivity contribution in [3.05, 3.63) is 65.1 Å². The third kappa shape index (κ3) is 5.45. The maximum absolute atomic E-state index is 14.3. The summed E-state index contributed by atoms with van der Waals surface area (Å²) in [5.74, 6) is -1.24. The van der Waals surface area contributed by atoms with Gasteiger partial charge in [-0.05, 0) is 18.6 Å². The Morgan fingerprint density at radius 1 is 1.02 bits per heavy atom. The summed E-state index contributed by atoms with van der Waals surface area (Å²) < 4.78 is 35.6. The molecule has 5 heterocycles. The van der Waals surface area contributed by atoms with E-state index in [-0.39, 0.29) is 29.1 Å². The molecule has 6 rings (SSSR count). The number of fused-ring (bicyclic) bond motifs is 2. The van der Waals surface area contributed by atoms with E-state index in [1.165, 1.54) is 12.1 Å². The van der Waals surface area contributed by atoms with E-state index in [0.717, 1.165) is 46.4 Å². The van der Waals surface area contributed by atoms with Gasteiger partial charge in [0.25, 0.3) is 0 Å². The summed E-state index contributed by atoms with van der Waals surface area (Å²) in [6.07, 6.45) is 4.29. The first-order valence-electron chi connectivity index (χ1n) is 15.0. The van der Waals surface area contributed by atoms with E-state index in [4.69, 9.17) is 9.73 Å². The largest absolute Gasteiger partial charge is 0.487 e. The second-order valence-corrected chi connectivity index (χ2v) is 12.2. The van der Waals surface area contributed by atoms with Crippen LogP contribution in [-0.2, 0) is 22.7 Å². The fourth-order valence-electron chi connectivity index (χ4n) is 6.61. The second-order valence-electron chi connectivity index (χ2n) is 12.2. The fourth-order valence-corrected chi connectivity index (χ4v) is 6.61. The van der Waals surface area contributed by atoms with Gasteiger partial charge in [-0.25, -0.2) is 8.78 Å². The summed E-state index contributed by atoms with van der Waals surface area (Å²) in [6.45, 7) is 14.0. The number of ether oxygens (including phenoxy) is 1. The molecule has 228 valence electrons. The van der Waals surface area contributed by atoms with E-state index >= 15 is 0 Å². The smallest absolute Gasteiger partial charge is 0.219 e. The molecular formula is C32H38F2N6O3. The quantitative estimate of drug-likeness (QED) is 0.492. The Morgan fingerprint density at radius 3 is 2.44 bits per heavy atom. The lowest BCUT2D eigenvalue weighted by Crippen LogP contribution is -2.48. The molecule has 2 amide bonds. The number of hydrogen-bond acceptors (Lipinski definition) is 6. The number of amides is 2. The molecule has 0 spiro atoms. The average Bonchev–Trinajstić information content (AvgIpc) is 3.36. The summed E-state index contributed by atoms with van der Waals surface area (Å²) in [4.78, 5) is 36.0. The van der Waals surface area contributed by atoms with Gasteiger partial charge in [0.15, 0.2) is 11.6 Å². The number of carbonyl (C=O) groups is 2. The van der Waals surface area contributed by atoms with Crippen molar-refractivity contribution in [1.29, 1.82) is 0 Å². The third-order valence-electron chi connectivity index (χ3n) is 9.57. The van der Waals surface area contributed by atoms with E-state index in [0.29, 0.717) is 65.1 Å². The van der Waals surface area contributed by atoms with Crippen LogP contribution >= 0.6 is 0 Å². The number of rotatable bonds is 4. The molecule has 0 saturated carbocycles. The first-order valence-corrected chi connectivity index (χ1v) is 15.0. The minimum absolute atomic E-state index is 0.0183. The lowest BCUT2D eigenvalue weighted by atomic mass is 9.72. The van der Waals surface area contributed by atoms with Gasteiger partial charge < -0.3 is 19.4 Å². The van der Waals surface area contributed by atoms with Crippen LogP contribution in [0.4, 0.5) is 8.78 Å². The monoisotopic (exact) mass is 592 g/mol. The van der Waals surface area contributed by atoms with Crippen LogP contribution in [0.2, 0.25) is 0 Å². The Morgan fingerprint density at radius 2 is 1.74 bits per heavy atom. The van der Waals surface area contributed by atoms with Crippen LogP contribution in [-0.4, -0.2) is 80.8 Å². The van der Waals surface area contributed by atoms with Gasteiger partial charge in [-0.3, -0.25) is 19.3 Å². The second kappa shape index (κ2) is 11.2. The molecule has 2 aromatic rings. The van der Waals surface area contributed by atoms with Gasteiger partial charge >= 0.3 is 0 Å². The molecule has 1 aromatic carbocycles. The molecule has 4 aliphatic heterocycles. The van der Waals surface area contributed by atoms with Gasteiger partial charge in [0.2, 0.25) is 11.8 Å². The molecule has 0 N–H and O–H groups in total. The summed E-state index contributed by atoms with van der Waals surface area (Å²) in [6, 6.07) is 3.38. The molecule has 1 atom stereocenters. The van der Waals surface area contributed by atoms with E-state index < -0.39 is 11.6 Å². The van der Waals surface area contributed by atoms with Crippen molar-refractivity contribution < 1.29 is 23.1 Å². The number of piperidine rings is 2. The maximum atomic E-state index is 14.3. The standard InChI is InChI=1S/C32H38F2N6O3/c1-20-15-27(37-10-7-24(8-11-37)43-29-6-5-23(33)16-26(29)34)31(36-30-19-38(21(2)41)12-9-32(20,30)4)25-17-35-40-14-13-39(22(3)42)18-28(25)40/h5-6,16-17,24H,1,7-15,18-19H2,2-4H3. The van der Waals surface area contributed by atoms with Crippen molar-refractivity contribution >= 4 is 23.2 Å². The molecule has 1 unspecified atom stereocenters. The van der Waals surface area contributed by atoms with E-state index in [1.807, 2.05) is 20.7 Å². The van der Waals surface area contributed by atoms with Crippen molar-refractivity contribution in [2.45, 2.75) is 65.6 Å². The number of nitrogens with zero attached hydrogens (tertiary/aromatic N) is 6. The van der Waals surface area contributed by atoms with Gasteiger partial charge in [-0.1, -0.05) is 19.1 Å². The molecule has 1 aromatic heterocycles. The molecule has 0 bridgehead atoms. The number of aliphatic imine (C=N–C) groups is 1. The van der Waals surface area contributed by atoms with Gasteiger partial charge in [0.1, 0.15) is 11.9 Å². The molecule has 9 nitrogen and oxygen atoms in total. The molecule has 4 aliphatic rings. The number of likely N-dealkylation sites (tertiary alicyclic amines) is 2. The highest BCUT2D eigenvalue weighted by Crippen LogP contribution is 2.45. The Kier molecular flexibility index (Phi) is 7.60. The predicted molar refractivity (Wildman–Crippen MR) is 158 cm³/mol. The molecule has 0 radical (unpaired) electrons. The first-order chi connectivity index (χ1) is 20.5. The fraction of sp³-hybridized carbons (Fsp3) is 0.500.